The van der Waals surface area contributed by atoms with Crippen LogP contribution in [0.1, 0.15) is 53.7 Å². The standard InChI is InChI=1S/C13H21N3OS.2ClH/c1-2-5-12-15-8-11(18-12)13(17)16-10-7-4-3-6-9(10)14;;/h8-10H,2-7,14H2,1H3,(H,16,17);2*1H/t9-,10-;;/m1../s1. The van der Waals surface area contributed by atoms with E-state index in [1.165, 1.54) is 17.8 Å². The number of carbonyl (C=O) groups excluding carboxylic acids is 1. The number of amides is 1. The summed E-state index contributed by atoms with van der Waals surface area (Å²) in [6, 6.07) is 0.230. The van der Waals surface area contributed by atoms with E-state index in [1.807, 2.05) is 0 Å². The zero-order chi connectivity index (χ0) is 13.0. The molecule has 4 nitrogen and oxygen atoms in total. The Balaban J connectivity index is 0.00000180. The van der Waals surface area contributed by atoms with Crippen molar-refractivity contribution in [3.05, 3.63) is 16.1 Å². The molecular weight excluding hydrogens is 317 g/mol. The normalized spacial score (nSPS) is 21.5. The lowest BCUT2D eigenvalue weighted by Crippen LogP contribution is -2.49. The van der Waals surface area contributed by atoms with Gasteiger partial charge in [0.2, 0.25) is 0 Å². The van der Waals surface area contributed by atoms with Crippen LogP contribution in [0.4, 0.5) is 0 Å². The molecule has 1 fully saturated rings. The van der Waals surface area contributed by atoms with Crippen LogP contribution in [0, 0.1) is 0 Å². The highest BCUT2D eigenvalue weighted by Crippen LogP contribution is 2.19. The van der Waals surface area contributed by atoms with Gasteiger partial charge in [-0.2, -0.15) is 0 Å². The second kappa shape index (κ2) is 9.55. The average Bonchev–Trinajstić information content (AvgIpc) is 2.81. The summed E-state index contributed by atoms with van der Waals surface area (Å²) in [7, 11) is 0. The number of aromatic nitrogens is 1. The number of carbonyl (C=O) groups is 1. The molecule has 0 spiro atoms. The molecule has 20 heavy (non-hydrogen) atoms. The van der Waals surface area contributed by atoms with Crippen molar-refractivity contribution in [3.63, 3.8) is 0 Å². The minimum absolute atomic E-state index is 0. The summed E-state index contributed by atoms with van der Waals surface area (Å²) in [6.07, 6.45) is 8.02. The highest BCUT2D eigenvalue weighted by molar-refractivity contribution is 7.13. The van der Waals surface area contributed by atoms with Crippen LogP contribution in [-0.2, 0) is 6.42 Å². The molecule has 1 heterocycles. The summed E-state index contributed by atoms with van der Waals surface area (Å²) >= 11 is 1.49. The van der Waals surface area contributed by atoms with Crippen molar-refractivity contribution in [3.8, 4) is 0 Å². The first-order chi connectivity index (χ1) is 8.70. The molecule has 0 saturated heterocycles. The molecule has 0 radical (unpaired) electrons. The molecule has 2 atom stereocenters. The van der Waals surface area contributed by atoms with Gasteiger partial charge in [-0.1, -0.05) is 19.8 Å². The van der Waals surface area contributed by atoms with Crippen LogP contribution in [0.25, 0.3) is 0 Å². The van der Waals surface area contributed by atoms with Crippen LogP contribution in [0.15, 0.2) is 6.20 Å². The lowest BCUT2D eigenvalue weighted by molar-refractivity contribution is 0.0925. The van der Waals surface area contributed by atoms with Gasteiger partial charge in [-0.25, -0.2) is 4.98 Å². The van der Waals surface area contributed by atoms with Crippen LogP contribution in [-0.4, -0.2) is 23.0 Å². The fourth-order valence-corrected chi connectivity index (χ4v) is 3.25. The van der Waals surface area contributed by atoms with Crippen LogP contribution in [0.5, 0.6) is 0 Å². The van der Waals surface area contributed by atoms with Gasteiger partial charge in [0.1, 0.15) is 4.88 Å². The van der Waals surface area contributed by atoms with E-state index in [0.29, 0.717) is 4.88 Å². The van der Waals surface area contributed by atoms with E-state index in [0.717, 1.165) is 37.1 Å². The summed E-state index contributed by atoms with van der Waals surface area (Å²) in [6.45, 7) is 2.11. The Morgan fingerprint density at radius 2 is 2.15 bits per heavy atom. The number of nitrogens with two attached hydrogens (primary N) is 1. The Kier molecular flexibility index (Phi) is 9.38. The van der Waals surface area contributed by atoms with Gasteiger partial charge in [0.25, 0.3) is 5.91 Å². The van der Waals surface area contributed by atoms with Gasteiger partial charge in [-0.05, 0) is 25.7 Å². The van der Waals surface area contributed by atoms with Crippen LogP contribution < -0.4 is 11.1 Å². The van der Waals surface area contributed by atoms with Crippen LogP contribution in [0.3, 0.4) is 0 Å². The molecule has 1 aliphatic carbocycles. The highest BCUT2D eigenvalue weighted by atomic mass is 35.5. The van der Waals surface area contributed by atoms with Crippen molar-refractivity contribution in [2.75, 3.05) is 0 Å². The molecule has 3 N–H and O–H groups in total. The third-order valence-corrected chi connectivity index (χ3v) is 4.43. The molecule has 0 aromatic carbocycles. The topological polar surface area (TPSA) is 68.0 Å². The van der Waals surface area contributed by atoms with Gasteiger partial charge in [0, 0.05) is 12.1 Å². The monoisotopic (exact) mass is 339 g/mol. The second-order valence-corrected chi connectivity index (χ2v) is 6.01. The summed E-state index contributed by atoms with van der Waals surface area (Å²) in [5.74, 6) is -0.0165. The predicted octanol–water partition coefficient (Wildman–Crippen LogP) is 2.94. The maximum Gasteiger partial charge on any atom is 0.263 e. The number of halogens is 2. The molecule has 1 aliphatic rings. The van der Waals surface area contributed by atoms with E-state index >= 15 is 0 Å². The Labute approximate surface area is 136 Å². The lowest BCUT2D eigenvalue weighted by Gasteiger charge is -2.29. The molecule has 2 rings (SSSR count). The molecule has 1 aromatic rings. The lowest BCUT2D eigenvalue weighted by atomic mass is 9.91. The molecule has 1 saturated carbocycles. The largest absolute Gasteiger partial charge is 0.347 e. The Morgan fingerprint density at radius 1 is 1.45 bits per heavy atom. The number of hydrogen-bond donors (Lipinski definition) is 2. The van der Waals surface area contributed by atoms with Gasteiger partial charge in [0.15, 0.2) is 0 Å². The SMILES string of the molecule is CCCc1ncc(C(=O)N[C@@H]2CCCC[C@H]2N)s1.Cl.Cl. The third-order valence-electron chi connectivity index (χ3n) is 3.38. The number of thiazole rings is 1. The second-order valence-electron chi connectivity index (χ2n) is 4.90. The van der Waals surface area contributed by atoms with Gasteiger partial charge < -0.3 is 11.1 Å². The first-order valence-electron chi connectivity index (χ1n) is 6.72. The molecule has 1 aromatic heterocycles. The third kappa shape index (κ3) is 5.20. The molecule has 0 bridgehead atoms. The first kappa shape index (κ1) is 19.6. The fraction of sp³-hybridized carbons (Fsp3) is 0.692. The van der Waals surface area contributed by atoms with Gasteiger partial charge >= 0.3 is 0 Å². The minimum Gasteiger partial charge on any atom is -0.347 e. The summed E-state index contributed by atoms with van der Waals surface area (Å²) < 4.78 is 0. The van der Waals surface area contributed by atoms with E-state index in [4.69, 9.17) is 5.73 Å². The summed E-state index contributed by atoms with van der Waals surface area (Å²) in [5, 5.41) is 4.08. The number of hydrogen-bond acceptors (Lipinski definition) is 4. The smallest absolute Gasteiger partial charge is 0.263 e. The average molecular weight is 340 g/mol. The minimum atomic E-state index is -0.0165. The zero-order valence-electron chi connectivity index (χ0n) is 11.6. The molecule has 116 valence electrons. The number of aryl methyl sites for hydroxylation is 1. The quantitative estimate of drug-likeness (QED) is 0.885. The van der Waals surface area contributed by atoms with E-state index < -0.39 is 0 Å². The Bertz CT molecular complexity index is 414. The maximum atomic E-state index is 12.1. The maximum absolute atomic E-state index is 12.1. The molecule has 0 aliphatic heterocycles. The van der Waals surface area contributed by atoms with Crippen LogP contribution in [0.2, 0.25) is 0 Å². The van der Waals surface area contributed by atoms with Gasteiger partial charge in [-0.3, -0.25) is 4.79 Å². The van der Waals surface area contributed by atoms with E-state index in [2.05, 4.69) is 17.2 Å². The van der Waals surface area contributed by atoms with Gasteiger partial charge in [-0.15, -0.1) is 36.2 Å². The summed E-state index contributed by atoms with van der Waals surface area (Å²) in [4.78, 5) is 17.1. The first-order valence-corrected chi connectivity index (χ1v) is 7.53. The highest BCUT2D eigenvalue weighted by Gasteiger charge is 2.24. The predicted molar refractivity (Wildman–Crippen MR) is 88.3 cm³/mol. The Hall–Kier alpha value is -0.360. The molecule has 0 unspecified atom stereocenters. The van der Waals surface area contributed by atoms with E-state index in [9.17, 15) is 4.79 Å². The van der Waals surface area contributed by atoms with Crippen LogP contribution >= 0.6 is 36.2 Å². The molecule has 7 heteroatoms. The summed E-state index contributed by atoms with van der Waals surface area (Å²) in [5.41, 5.74) is 6.03. The van der Waals surface area contributed by atoms with E-state index in [-0.39, 0.29) is 42.8 Å². The van der Waals surface area contributed by atoms with Crippen molar-refractivity contribution in [1.82, 2.24) is 10.3 Å². The van der Waals surface area contributed by atoms with Crippen molar-refractivity contribution >= 4 is 42.1 Å². The van der Waals surface area contributed by atoms with Crippen molar-refractivity contribution < 1.29 is 4.79 Å². The fourth-order valence-electron chi connectivity index (χ4n) is 2.32. The Morgan fingerprint density at radius 3 is 2.80 bits per heavy atom. The van der Waals surface area contributed by atoms with E-state index in [1.54, 1.807) is 6.20 Å². The number of nitrogens with zero attached hydrogens (tertiary/aromatic N) is 1. The molecular formula is C13H23Cl2N3OS. The number of rotatable bonds is 4. The van der Waals surface area contributed by atoms with Crippen molar-refractivity contribution in [1.29, 1.82) is 0 Å². The zero-order valence-corrected chi connectivity index (χ0v) is 14.1. The molecule has 1 amide bonds. The number of nitrogens with one attached hydrogen (secondary N) is 1. The van der Waals surface area contributed by atoms with Crippen molar-refractivity contribution in [2.45, 2.75) is 57.5 Å². The van der Waals surface area contributed by atoms with Gasteiger partial charge in [0.05, 0.1) is 11.2 Å². The van der Waals surface area contributed by atoms with Crippen molar-refractivity contribution in [2.24, 2.45) is 5.73 Å².